The summed E-state index contributed by atoms with van der Waals surface area (Å²) in [7, 11) is 0. The lowest BCUT2D eigenvalue weighted by Gasteiger charge is -2.05. The SMILES string of the molecule is O=[N+]([O-])c1ccc(Oc2nc(Cl)ncc2[N+](=O)[O-])cc1Cl. The van der Waals surface area contributed by atoms with Gasteiger partial charge < -0.3 is 4.74 Å². The lowest BCUT2D eigenvalue weighted by Crippen LogP contribution is -1.98. The fraction of sp³-hybridized carbons (Fsp3) is 0. The van der Waals surface area contributed by atoms with Gasteiger partial charge >= 0.3 is 11.6 Å². The quantitative estimate of drug-likeness (QED) is 0.478. The van der Waals surface area contributed by atoms with Gasteiger partial charge in [-0.2, -0.15) is 4.98 Å². The molecule has 0 aliphatic heterocycles. The standard InChI is InChI=1S/C10H4Cl2N4O5/c11-6-3-5(1-2-7(6)15(17)18)21-9-8(16(19)20)4-13-10(12)14-9/h1-4H. The monoisotopic (exact) mass is 330 g/mol. The number of hydrogen-bond donors (Lipinski definition) is 0. The number of aromatic nitrogens is 2. The van der Waals surface area contributed by atoms with Crippen LogP contribution < -0.4 is 4.74 Å². The van der Waals surface area contributed by atoms with Gasteiger partial charge in [-0.25, -0.2) is 4.98 Å². The van der Waals surface area contributed by atoms with Gasteiger partial charge in [0.2, 0.25) is 5.28 Å². The molecule has 9 nitrogen and oxygen atoms in total. The number of rotatable bonds is 4. The summed E-state index contributed by atoms with van der Waals surface area (Å²) in [5.41, 5.74) is -0.826. The van der Waals surface area contributed by atoms with Crippen LogP contribution in [-0.2, 0) is 0 Å². The van der Waals surface area contributed by atoms with Crippen molar-refractivity contribution < 1.29 is 14.6 Å². The predicted molar refractivity (Wildman–Crippen MR) is 71.9 cm³/mol. The average molecular weight is 331 g/mol. The first-order valence-electron chi connectivity index (χ1n) is 5.17. The molecular weight excluding hydrogens is 327 g/mol. The Morgan fingerprint density at radius 3 is 2.33 bits per heavy atom. The van der Waals surface area contributed by atoms with Crippen molar-refractivity contribution in [1.29, 1.82) is 0 Å². The van der Waals surface area contributed by atoms with E-state index in [9.17, 15) is 20.2 Å². The third kappa shape index (κ3) is 3.33. The molecule has 0 saturated carbocycles. The van der Waals surface area contributed by atoms with Gasteiger partial charge in [0.05, 0.1) is 9.85 Å². The molecule has 1 heterocycles. The number of ether oxygens (including phenoxy) is 1. The molecule has 0 unspecified atom stereocenters. The zero-order valence-electron chi connectivity index (χ0n) is 9.90. The van der Waals surface area contributed by atoms with E-state index in [4.69, 9.17) is 27.9 Å². The molecule has 0 amide bonds. The van der Waals surface area contributed by atoms with Crippen molar-refractivity contribution in [3.05, 3.63) is 54.9 Å². The summed E-state index contributed by atoms with van der Waals surface area (Å²) in [6.45, 7) is 0. The van der Waals surface area contributed by atoms with Crippen molar-refractivity contribution in [3.63, 3.8) is 0 Å². The van der Waals surface area contributed by atoms with Gasteiger partial charge in [0, 0.05) is 12.1 Å². The Hall–Kier alpha value is -2.52. The Balaban J connectivity index is 2.38. The van der Waals surface area contributed by atoms with E-state index in [2.05, 4.69) is 9.97 Å². The van der Waals surface area contributed by atoms with E-state index in [1.165, 1.54) is 6.07 Å². The number of halogens is 2. The van der Waals surface area contributed by atoms with Gasteiger partial charge in [-0.05, 0) is 17.7 Å². The minimum atomic E-state index is -0.751. The van der Waals surface area contributed by atoms with Crippen LogP contribution >= 0.6 is 23.2 Å². The van der Waals surface area contributed by atoms with Crippen LogP contribution in [0.4, 0.5) is 11.4 Å². The minimum Gasteiger partial charge on any atom is -0.434 e. The van der Waals surface area contributed by atoms with Crippen molar-refractivity contribution in [3.8, 4) is 11.6 Å². The van der Waals surface area contributed by atoms with E-state index in [0.717, 1.165) is 18.3 Å². The summed E-state index contributed by atoms with van der Waals surface area (Å²) in [6, 6.07) is 3.47. The summed E-state index contributed by atoms with van der Waals surface area (Å²) in [4.78, 5) is 27.1. The number of nitro benzene ring substituents is 1. The zero-order valence-corrected chi connectivity index (χ0v) is 11.4. The van der Waals surface area contributed by atoms with E-state index in [1.54, 1.807) is 0 Å². The second-order valence-electron chi connectivity index (χ2n) is 3.56. The van der Waals surface area contributed by atoms with Crippen LogP contribution in [-0.4, -0.2) is 19.8 Å². The van der Waals surface area contributed by atoms with E-state index >= 15 is 0 Å². The summed E-state index contributed by atoms with van der Waals surface area (Å²) in [5.74, 6) is -0.367. The second kappa shape index (κ2) is 5.85. The Morgan fingerprint density at radius 1 is 1.10 bits per heavy atom. The molecule has 0 saturated heterocycles. The Kier molecular flexibility index (Phi) is 4.15. The molecule has 0 aliphatic rings. The molecular formula is C10H4Cl2N4O5. The van der Waals surface area contributed by atoms with Crippen molar-refractivity contribution >= 4 is 34.6 Å². The number of hydrogen-bond acceptors (Lipinski definition) is 7. The molecule has 108 valence electrons. The van der Waals surface area contributed by atoms with E-state index in [1.807, 2.05) is 0 Å². The summed E-state index contributed by atoms with van der Waals surface area (Å²) in [6.07, 6.45) is 0.887. The third-order valence-electron chi connectivity index (χ3n) is 2.23. The average Bonchev–Trinajstić information content (AvgIpc) is 2.37. The highest BCUT2D eigenvalue weighted by molar-refractivity contribution is 6.32. The molecule has 1 aromatic carbocycles. The number of nitro groups is 2. The molecule has 0 atom stereocenters. The van der Waals surface area contributed by atoms with E-state index in [-0.39, 0.29) is 21.7 Å². The van der Waals surface area contributed by atoms with Crippen LogP contribution in [0.1, 0.15) is 0 Å². The van der Waals surface area contributed by atoms with Crippen molar-refractivity contribution in [2.45, 2.75) is 0 Å². The Morgan fingerprint density at radius 2 is 1.76 bits per heavy atom. The molecule has 0 N–H and O–H groups in total. The van der Waals surface area contributed by atoms with Crippen LogP contribution in [0.15, 0.2) is 24.4 Å². The van der Waals surface area contributed by atoms with Crippen molar-refractivity contribution in [1.82, 2.24) is 9.97 Å². The largest absolute Gasteiger partial charge is 0.434 e. The maximum atomic E-state index is 10.8. The maximum absolute atomic E-state index is 10.8. The number of benzene rings is 1. The molecule has 0 bridgehead atoms. The lowest BCUT2D eigenvalue weighted by atomic mass is 10.3. The van der Waals surface area contributed by atoms with E-state index < -0.39 is 21.4 Å². The first-order valence-corrected chi connectivity index (χ1v) is 5.93. The van der Waals surface area contributed by atoms with Gasteiger partial charge in [0.1, 0.15) is 17.0 Å². The third-order valence-corrected chi connectivity index (χ3v) is 2.72. The molecule has 21 heavy (non-hydrogen) atoms. The molecule has 2 aromatic rings. The normalized spacial score (nSPS) is 10.2. The first kappa shape index (κ1) is 14.9. The fourth-order valence-corrected chi connectivity index (χ4v) is 1.72. The van der Waals surface area contributed by atoms with Crippen molar-refractivity contribution in [2.24, 2.45) is 0 Å². The summed E-state index contributed by atoms with van der Waals surface area (Å²) in [5, 5.41) is 21.0. The molecule has 1 aromatic heterocycles. The van der Waals surface area contributed by atoms with Gasteiger partial charge in [-0.1, -0.05) is 11.6 Å². The predicted octanol–water partition coefficient (Wildman–Crippen LogP) is 3.39. The molecule has 2 rings (SSSR count). The molecule has 0 radical (unpaired) electrons. The van der Waals surface area contributed by atoms with E-state index in [0.29, 0.717) is 0 Å². The smallest absolute Gasteiger partial charge is 0.349 e. The fourth-order valence-electron chi connectivity index (χ4n) is 1.35. The van der Waals surface area contributed by atoms with Gasteiger partial charge in [0.25, 0.3) is 5.69 Å². The summed E-state index contributed by atoms with van der Waals surface area (Å²) >= 11 is 11.3. The summed E-state index contributed by atoms with van der Waals surface area (Å²) < 4.78 is 5.18. The molecule has 0 aliphatic carbocycles. The maximum Gasteiger partial charge on any atom is 0.349 e. The van der Waals surface area contributed by atoms with Crippen LogP contribution in [0.3, 0.4) is 0 Å². The Labute approximate surface area is 126 Å². The Bertz CT molecular complexity index is 739. The highest BCUT2D eigenvalue weighted by Crippen LogP contribution is 2.33. The van der Waals surface area contributed by atoms with Gasteiger partial charge in [-0.15, -0.1) is 0 Å². The topological polar surface area (TPSA) is 121 Å². The lowest BCUT2D eigenvalue weighted by molar-refractivity contribution is -0.386. The van der Waals surface area contributed by atoms with Crippen molar-refractivity contribution in [2.75, 3.05) is 0 Å². The minimum absolute atomic E-state index is 0.0310. The molecule has 0 fully saturated rings. The van der Waals surface area contributed by atoms with Crippen LogP contribution in [0.5, 0.6) is 11.6 Å². The van der Waals surface area contributed by atoms with Gasteiger partial charge in [-0.3, -0.25) is 20.2 Å². The zero-order chi connectivity index (χ0) is 15.6. The first-order chi connectivity index (χ1) is 9.88. The number of nitrogens with zero attached hydrogens (tertiary/aromatic N) is 4. The molecule has 0 spiro atoms. The molecule has 11 heteroatoms. The van der Waals surface area contributed by atoms with Crippen LogP contribution in [0, 0.1) is 20.2 Å². The van der Waals surface area contributed by atoms with Crippen LogP contribution in [0.2, 0.25) is 10.3 Å². The highest BCUT2D eigenvalue weighted by atomic mass is 35.5. The highest BCUT2D eigenvalue weighted by Gasteiger charge is 2.20. The van der Waals surface area contributed by atoms with Gasteiger partial charge in [0.15, 0.2) is 0 Å². The van der Waals surface area contributed by atoms with Crippen LogP contribution in [0.25, 0.3) is 0 Å². The second-order valence-corrected chi connectivity index (χ2v) is 4.30.